The molecule has 2 aromatic rings. The third-order valence-electron chi connectivity index (χ3n) is 3.40. The summed E-state index contributed by atoms with van der Waals surface area (Å²) in [6, 6.07) is 7.50. The van der Waals surface area contributed by atoms with Gasteiger partial charge in [0.2, 0.25) is 5.91 Å². The van der Waals surface area contributed by atoms with E-state index < -0.39 is 0 Å². The Hall–Kier alpha value is -1.97. The highest BCUT2D eigenvalue weighted by Crippen LogP contribution is 2.15. The first-order chi connectivity index (χ1) is 9.72. The average molecular weight is 271 g/mol. The predicted molar refractivity (Wildman–Crippen MR) is 79.4 cm³/mol. The molecule has 1 atom stereocenters. The number of aromatic nitrogens is 3. The van der Waals surface area contributed by atoms with Crippen molar-refractivity contribution < 1.29 is 4.79 Å². The second-order valence-electron chi connectivity index (χ2n) is 5.10. The smallest absolute Gasteiger partial charge is 0.249 e. The van der Waals surface area contributed by atoms with Gasteiger partial charge in [-0.15, -0.1) is 0 Å². The quantitative estimate of drug-likeness (QED) is 0.751. The summed E-state index contributed by atoms with van der Waals surface area (Å²) in [6.45, 7) is 4.14. The molecular weight excluding hydrogens is 250 g/mol. The van der Waals surface area contributed by atoms with Crippen LogP contribution < -0.4 is 0 Å². The Morgan fingerprint density at radius 3 is 2.80 bits per heavy atom. The lowest BCUT2D eigenvalue weighted by molar-refractivity contribution is 0.0820. The summed E-state index contributed by atoms with van der Waals surface area (Å²) >= 11 is 0. The summed E-state index contributed by atoms with van der Waals surface area (Å²) in [6.07, 6.45) is 7.82. The first kappa shape index (κ1) is 14.4. The zero-order valence-corrected chi connectivity index (χ0v) is 12.1. The van der Waals surface area contributed by atoms with Crippen molar-refractivity contribution in [3.05, 3.63) is 36.7 Å². The molecule has 4 heteroatoms. The third-order valence-corrected chi connectivity index (χ3v) is 3.40. The van der Waals surface area contributed by atoms with E-state index in [1.807, 2.05) is 31.2 Å². The molecule has 0 saturated heterocycles. The van der Waals surface area contributed by atoms with Gasteiger partial charge in [-0.25, -0.2) is 4.68 Å². The van der Waals surface area contributed by atoms with Crippen LogP contribution in [0.4, 0.5) is 0 Å². The summed E-state index contributed by atoms with van der Waals surface area (Å²) < 4.78 is 1.45. The zero-order valence-electron chi connectivity index (χ0n) is 12.1. The van der Waals surface area contributed by atoms with Gasteiger partial charge in [0.05, 0.1) is 5.69 Å². The summed E-state index contributed by atoms with van der Waals surface area (Å²) in [4.78, 5) is 16.5. The number of hydrogen-bond donors (Lipinski definition) is 0. The first-order valence-corrected chi connectivity index (χ1v) is 7.23. The molecule has 106 valence electrons. The Bertz CT molecular complexity index is 548. The van der Waals surface area contributed by atoms with Crippen LogP contribution in [0, 0.1) is 5.92 Å². The van der Waals surface area contributed by atoms with Gasteiger partial charge in [0, 0.05) is 18.3 Å². The first-order valence-electron chi connectivity index (χ1n) is 7.23. The molecule has 0 unspecified atom stereocenters. The minimum absolute atomic E-state index is 0.0121. The third kappa shape index (κ3) is 3.53. The largest absolute Gasteiger partial charge is 0.272 e. The monoisotopic (exact) mass is 271 g/mol. The molecule has 0 radical (unpaired) electrons. The van der Waals surface area contributed by atoms with Gasteiger partial charge in [-0.2, -0.15) is 5.10 Å². The van der Waals surface area contributed by atoms with E-state index in [1.165, 1.54) is 17.5 Å². The predicted octanol–water partition coefficient (Wildman–Crippen LogP) is 3.80. The van der Waals surface area contributed by atoms with E-state index in [4.69, 9.17) is 0 Å². The zero-order chi connectivity index (χ0) is 14.4. The topological polar surface area (TPSA) is 47.8 Å². The van der Waals surface area contributed by atoms with Gasteiger partial charge >= 0.3 is 0 Å². The van der Waals surface area contributed by atoms with Crippen LogP contribution in [0.5, 0.6) is 0 Å². The highest BCUT2D eigenvalue weighted by atomic mass is 16.2. The van der Waals surface area contributed by atoms with Crippen LogP contribution >= 0.6 is 0 Å². The minimum atomic E-state index is 0.0121. The van der Waals surface area contributed by atoms with Crippen LogP contribution in [0.2, 0.25) is 0 Å². The van der Waals surface area contributed by atoms with Crippen molar-refractivity contribution in [2.45, 2.75) is 39.5 Å². The molecule has 2 aromatic heterocycles. The maximum absolute atomic E-state index is 12.3. The fourth-order valence-corrected chi connectivity index (χ4v) is 2.15. The Morgan fingerprint density at radius 1 is 1.25 bits per heavy atom. The van der Waals surface area contributed by atoms with E-state index in [9.17, 15) is 4.79 Å². The van der Waals surface area contributed by atoms with Gasteiger partial charge in [0.25, 0.3) is 0 Å². The van der Waals surface area contributed by atoms with E-state index in [0.717, 1.165) is 24.2 Å². The SMILES string of the molecule is CCCCC[C@@H](C)C(=O)n1ccc(-c2ccccn2)n1. The van der Waals surface area contributed by atoms with Gasteiger partial charge in [-0.05, 0) is 24.6 Å². The Balaban J connectivity index is 2.03. The Labute approximate surface area is 119 Å². The van der Waals surface area contributed by atoms with Crippen LogP contribution in [0.1, 0.15) is 44.3 Å². The van der Waals surface area contributed by atoms with Crippen molar-refractivity contribution in [2.75, 3.05) is 0 Å². The fourth-order valence-electron chi connectivity index (χ4n) is 2.15. The number of rotatable bonds is 6. The number of pyridine rings is 1. The van der Waals surface area contributed by atoms with Crippen molar-refractivity contribution in [3.8, 4) is 11.4 Å². The number of hydrogen-bond acceptors (Lipinski definition) is 3. The van der Waals surface area contributed by atoms with Crippen molar-refractivity contribution >= 4 is 5.91 Å². The normalized spacial score (nSPS) is 12.3. The van der Waals surface area contributed by atoms with Crippen LogP contribution in [-0.2, 0) is 0 Å². The van der Waals surface area contributed by atoms with Gasteiger partial charge in [-0.1, -0.05) is 39.2 Å². The molecule has 2 heterocycles. The molecule has 0 aliphatic rings. The van der Waals surface area contributed by atoms with Gasteiger partial charge in [0.1, 0.15) is 5.69 Å². The standard InChI is InChI=1S/C16H21N3O/c1-3-4-5-8-13(2)16(20)19-12-10-15(18-19)14-9-6-7-11-17-14/h6-7,9-13H,3-5,8H2,1-2H3/t13-/m1/s1. The molecule has 0 aliphatic carbocycles. The number of nitrogens with zero attached hydrogens (tertiary/aromatic N) is 3. The summed E-state index contributed by atoms with van der Waals surface area (Å²) in [5.74, 6) is 0.0707. The van der Waals surface area contributed by atoms with Crippen LogP contribution in [-0.4, -0.2) is 20.7 Å². The van der Waals surface area contributed by atoms with E-state index in [1.54, 1.807) is 12.4 Å². The highest BCUT2D eigenvalue weighted by molar-refractivity contribution is 5.80. The highest BCUT2D eigenvalue weighted by Gasteiger charge is 2.16. The molecule has 0 bridgehead atoms. The second kappa shape index (κ2) is 6.98. The van der Waals surface area contributed by atoms with Gasteiger partial charge < -0.3 is 0 Å². The molecule has 2 rings (SSSR count). The number of carbonyl (C=O) groups is 1. The second-order valence-corrected chi connectivity index (χ2v) is 5.10. The maximum Gasteiger partial charge on any atom is 0.249 e. The molecule has 0 aromatic carbocycles. The Morgan fingerprint density at radius 2 is 2.10 bits per heavy atom. The van der Waals surface area contributed by atoms with E-state index >= 15 is 0 Å². The molecule has 20 heavy (non-hydrogen) atoms. The molecule has 0 N–H and O–H groups in total. The lowest BCUT2D eigenvalue weighted by Crippen LogP contribution is -2.20. The maximum atomic E-state index is 12.3. The van der Waals surface area contributed by atoms with E-state index in [2.05, 4.69) is 17.0 Å². The van der Waals surface area contributed by atoms with Crippen molar-refractivity contribution in [3.63, 3.8) is 0 Å². The lowest BCUT2D eigenvalue weighted by Gasteiger charge is -2.09. The van der Waals surface area contributed by atoms with E-state index in [-0.39, 0.29) is 11.8 Å². The van der Waals surface area contributed by atoms with Crippen LogP contribution in [0.3, 0.4) is 0 Å². The molecule has 0 aliphatic heterocycles. The average Bonchev–Trinajstić information content (AvgIpc) is 2.97. The molecule has 0 saturated carbocycles. The molecule has 0 spiro atoms. The molecule has 0 fully saturated rings. The van der Waals surface area contributed by atoms with Crippen molar-refractivity contribution in [1.82, 2.24) is 14.8 Å². The van der Waals surface area contributed by atoms with Crippen LogP contribution in [0.25, 0.3) is 11.4 Å². The van der Waals surface area contributed by atoms with Crippen molar-refractivity contribution in [2.24, 2.45) is 5.92 Å². The van der Waals surface area contributed by atoms with Gasteiger partial charge in [0.15, 0.2) is 0 Å². The molecule has 0 amide bonds. The summed E-state index contributed by atoms with van der Waals surface area (Å²) in [7, 11) is 0. The summed E-state index contributed by atoms with van der Waals surface area (Å²) in [5, 5.41) is 4.33. The molecular formula is C16H21N3O. The molecule has 4 nitrogen and oxygen atoms in total. The van der Waals surface area contributed by atoms with Gasteiger partial charge in [-0.3, -0.25) is 9.78 Å². The fraction of sp³-hybridized carbons (Fsp3) is 0.438. The number of unbranched alkanes of at least 4 members (excludes halogenated alkanes) is 2. The minimum Gasteiger partial charge on any atom is -0.272 e. The Kier molecular flexibility index (Phi) is 5.04. The summed E-state index contributed by atoms with van der Waals surface area (Å²) in [5.41, 5.74) is 1.53. The number of carbonyl (C=O) groups excluding carboxylic acids is 1. The van der Waals surface area contributed by atoms with Crippen molar-refractivity contribution in [1.29, 1.82) is 0 Å². The lowest BCUT2D eigenvalue weighted by atomic mass is 10.0. The van der Waals surface area contributed by atoms with Crippen LogP contribution in [0.15, 0.2) is 36.7 Å². The van der Waals surface area contributed by atoms with E-state index in [0.29, 0.717) is 0 Å².